The Kier molecular flexibility index (Phi) is 8.40. The standard InChI is InChI=1S/C27H26ClN5O6S/c1-18-4-10-23(15-24(18)33(35)36)40(37,38)32(25-14-21(28)7-11-26(25)39-3)17-27(34)30-16-20-5-8-22(9-6-20)31-13-12-29-19(31)2/h4-15H,16-17H2,1-3H3,(H,30,34). The molecular weight excluding hydrogens is 558 g/mol. The molecule has 0 aliphatic heterocycles. The molecule has 40 heavy (non-hydrogen) atoms. The van der Waals surface area contributed by atoms with E-state index >= 15 is 0 Å². The molecule has 0 spiro atoms. The summed E-state index contributed by atoms with van der Waals surface area (Å²) in [5.41, 5.74) is 1.63. The number of carbonyl (C=O) groups excluding carboxylic acids is 1. The molecule has 208 valence electrons. The zero-order chi connectivity index (χ0) is 29.0. The van der Waals surface area contributed by atoms with Gasteiger partial charge < -0.3 is 14.6 Å². The first-order valence-electron chi connectivity index (χ1n) is 12.0. The van der Waals surface area contributed by atoms with Crippen LogP contribution in [0.4, 0.5) is 11.4 Å². The third kappa shape index (κ3) is 6.08. The Bertz CT molecular complexity index is 1670. The highest BCUT2D eigenvalue weighted by Crippen LogP contribution is 2.35. The second kappa shape index (κ2) is 11.8. The summed E-state index contributed by atoms with van der Waals surface area (Å²) in [6, 6.07) is 15.4. The third-order valence-corrected chi connectivity index (χ3v) is 8.18. The number of halogens is 1. The number of hydrogen-bond donors (Lipinski definition) is 1. The molecule has 1 amide bonds. The molecule has 0 aliphatic carbocycles. The largest absolute Gasteiger partial charge is 0.495 e. The number of aryl methyl sites for hydroxylation is 2. The average Bonchev–Trinajstić information content (AvgIpc) is 3.36. The van der Waals surface area contributed by atoms with E-state index in [4.69, 9.17) is 16.3 Å². The molecule has 4 rings (SSSR count). The predicted molar refractivity (Wildman–Crippen MR) is 151 cm³/mol. The molecule has 0 atom stereocenters. The quantitative estimate of drug-likeness (QED) is 0.213. The molecule has 0 saturated heterocycles. The lowest BCUT2D eigenvalue weighted by Gasteiger charge is -2.26. The summed E-state index contributed by atoms with van der Waals surface area (Å²) in [5.74, 6) is 0.368. The lowest BCUT2D eigenvalue weighted by atomic mass is 10.2. The number of nitro groups is 1. The number of benzene rings is 3. The maximum Gasteiger partial charge on any atom is 0.273 e. The van der Waals surface area contributed by atoms with Gasteiger partial charge in [0.1, 0.15) is 18.1 Å². The van der Waals surface area contributed by atoms with Gasteiger partial charge in [0, 0.05) is 41.3 Å². The molecule has 13 heteroatoms. The lowest BCUT2D eigenvalue weighted by Crippen LogP contribution is -2.41. The number of nitrogens with one attached hydrogen (secondary N) is 1. The van der Waals surface area contributed by atoms with Gasteiger partial charge in [0.15, 0.2) is 0 Å². The maximum atomic E-state index is 13.8. The molecule has 1 N–H and O–H groups in total. The van der Waals surface area contributed by atoms with E-state index in [0.717, 1.165) is 27.4 Å². The summed E-state index contributed by atoms with van der Waals surface area (Å²) in [6.07, 6.45) is 3.54. The molecule has 0 unspecified atom stereocenters. The average molecular weight is 584 g/mol. The van der Waals surface area contributed by atoms with E-state index in [1.54, 1.807) is 6.20 Å². The first-order valence-corrected chi connectivity index (χ1v) is 13.8. The minimum atomic E-state index is -4.47. The van der Waals surface area contributed by atoms with Crippen LogP contribution in [-0.2, 0) is 21.4 Å². The van der Waals surface area contributed by atoms with Gasteiger partial charge in [-0.2, -0.15) is 0 Å². The van der Waals surface area contributed by atoms with Crippen molar-refractivity contribution in [3.8, 4) is 11.4 Å². The van der Waals surface area contributed by atoms with Gasteiger partial charge >= 0.3 is 0 Å². The Morgan fingerprint density at radius 3 is 2.48 bits per heavy atom. The number of rotatable bonds is 10. The number of sulfonamides is 1. The van der Waals surface area contributed by atoms with Crippen molar-refractivity contribution in [2.24, 2.45) is 0 Å². The number of imidazole rings is 1. The predicted octanol–water partition coefficient (Wildman–Crippen LogP) is 4.57. The molecule has 0 saturated carbocycles. The highest BCUT2D eigenvalue weighted by molar-refractivity contribution is 7.92. The van der Waals surface area contributed by atoms with Crippen LogP contribution in [0.3, 0.4) is 0 Å². The van der Waals surface area contributed by atoms with Gasteiger partial charge in [-0.1, -0.05) is 29.8 Å². The zero-order valence-corrected chi connectivity index (χ0v) is 23.4. The van der Waals surface area contributed by atoms with Crippen molar-refractivity contribution in [2.75, 3.05) is 18.0 Å². The topological polar surface area (TPSA) is 137 Å². The van der Waals surface area contributed by atoms with Crippen molar-refractivity contribution in [1.82, 2.24) is 14.9 Å². The number of anilines is 1. The van der Waals surface area contributed by atoms with E-state index in [0.29, 0.717) is 5.56 Å². The molecular formula is C27H26ClN5O6S. The van der Waals surface area contributed by atoms with Crippen LogP contribution >= 0.6 is 11.6 Å². The van der Waals surface area contributed by atoms with E-state index in [1.165, 1.54) is 44.4 Å². The van der Waals surface area contributed by atoms with Crippen molar-refractivity contribution in [2.45, 2.75) is 25.3 Å². The fourth-order valence-electron chi connectivity index (χ4n) is 4.04. The second-order valence-corrected chi connectivity index (χ2v) is 11.1. The Hall–Kier alpha value is -4.42. The lowest BCUT2D eigenvalue weighted by molar-refractivity contribution is -0.385. The Morgan fingerprint density at radius 2 is 1.85 bits per heavy atom. The summed E-state index contributed by atoms with van der Waals surface area (Å²) >= 11 is 6.17. The van der Waals surface area contributed by atoms with Crippen LogP contribution in [0, 0.1) is 24.0 Å². The summed E-state index contributed by atoms with van der Waals surface area (Å²) in [6.45, 7) is 2.89. The molecule has 1 heterocycles. The zero-order valence-electron chi connectivity index (χ0n) is 21.9. The number of ether oxygens (including phenoxy) is 1. The van der Waals surface area contributed by atoms with E-state index in [9.17, 15) is 23.3 Å². The number of aromatic nitrogens is 2. The first-order chi connectivity index (χ1) is 19.0. The monoisotopic (exact) mass is 583 g/mol. The molecule has 3 aromatic carbocycles. The number of carbonyl (C=O) groups is 1. The highest BCUT2D eigenvalue weighted by atomic mass is 35.5. The van der Waals surface area contributed by atoms with Gasteiger partial charge in [-0.25, -0.2) is 13.4 Å². The van der Waals surface area contributed by atoms with E-state index in [-0.39, 0.29) is 33.6 Å². The van der Waals surface area contributed by atoms with Gasteiger partial charge in [0.05, 0.1) is 22.6 Å². The van der Waals surface area contributed by atoms with Crippen LogP contribution in [0.5, 0.6) is 5.75 Å². The van der Waals surface area contributed by atoms with Crippen LogP contribution in [0.25, 0.3) is 5.69 Å². The number of nitro benzene ring substituents is 1. The summed E-state index contributed by atoms with van der Waals surface area (Å²) in [5, 5.41) is 14.4. The number of hydrogen-bond acceptors (Lipinski definition) is 7. The molecule has 0 fully saturated rings. The minimum Gasteiger partial charge on any atom is -0.495 e. The van der Waals surface area contributed by atoms with Crippen molar-refractivity contribution < 1.29 is 22.9 Å². The normalized spacial score (nSPS) is 11.2. The van der Waals surface area contributed by atoms with Gasteiger partial charge in [-0.3, -0.25) is 19.2 Å². The molecule has 0 bridgehead atoms. The number of amides is 1. The Morgan fingerprint density at radius 1 is 1.12 bits per heavy atom. The van der Waals surface area contributed by atoms with Crippen LogP contribution < -0.4 is 14.4 Å². The van der Waals surface area contributed by atoms with Crippen LogP contribution in [0.15, 0.2) is 78.0 Å². The van der Waals surface area contributed by atoms with E-state index < -0.39 is 27.4 Å². The molecule has 0 radical (unpaired) electrons. The van der Waals surface area contributed by atoms with E-state index in [1.807, 2.05) is 42.0 Å². The minimum absolute atomic E-state index is 0.00781. The molecule has 11 nitrogen and oxygen atoms in total. The van der Waals surface area contributed by atoms with Crippen molar-refractivity contribution in [1.29, 1.82) is 0 Å². The Labute approximate surface area is 236 Å². The summed E-state index contributed by atoms with van der Waals surface area (Å²) in [4.78, 5) is 27.7. The van der Waals surface area contributed by atoms with Crippen molar-refractivity contribution in [3.63, 3.8) is 0 Å². The third-order valence-electron chi connectivity index (χ3n) is 6.19. The highest BCUT2D eigenvalue weighted by Gasteiger charge is 2.31. The summed E-state index contributed by atoms with van der Waals surface area (Å²) < 4.78 is 35.7. The van der Waals surface area contributed by atoms with E-state index in [2.05, 4.69) is 10.3 Å². The van der Waals surface area contributed by atoms with Crippen LogP contribution in [-0.4, -0.2) is 42.5 Å². The van der Waals surface area contributed by atoms with Gasteiger partial charge in [0.2, 0.25) is 5.91 Å². The Balaban J connectivity index is 1.61. The first kappa shape index (κ1) is 28.6. The van der Waals surface area contributed by atoms with Crippen molar-refractivity contribution >= 4 is 38.9 Å². The fraction of sp³-hybridized carbons (Fsp3) is 0.185. The SMILES string of the molecule is COc1ccc(Cl)cc1N(CC(=O)NCc1ccc(-n2ccnc2C)cc1)S(=O)(=O)c1ccc(C)c([N+](=O)[O-])c1. The van der Waals surface area contributed by atoms with Crippen LogP contribution in [0.2, 0.25) is 5.02 Å². The molecule has 4 aromatic rings. The van der Waals surface area contributed by atoms with Gasteiger partial charge in [0.25, 0.3) is 15.7 Å². The fourth-order valence-corrected chi connectivity index (χ4v) is 5.65. The molecule has 1 aromatic heterocycles. The number of methoxy groups -OCH3 is 1. The van der Waals surface area contributed by atoms with Crippen molar-refractivity contribution in [3.05, 3.63) is 105 Å². The smallest absolute Gasteiger partial charge is 0.273 e. The maximum absolute atomic E-state index is 13.8. The number of nitrogens with zero attached hydrogens (tertiary/aromatic N) is 4. The van der Waals surface area contributed by atoms with Gasteiger partial charge in [-0.05, 0) is 55.8 Å². The summed E-state index contributed by atoms with van der Waals surface area (Å²) in [7, 11) is -3.12. The van der Waals surface area contributed by atoms with Gasteiger partial charge in [-0.15, -0.1) is 0 Å². The van der Waals surface area contributed by atoms with Crippen LogP contribution in [0.1, 0.15) is 17.0 Å². The molecule has 0 aliphatic rings. The second-order valence-electron chi connectivity index (χ2n) is 8.82.